The van der Waals surface area contributed by atoms with E-state index >= 15 is 0 Å². The normalized spacial score (nSPS) is 12.6. The van der Waals surface area contributed by atoms with Gasteiger partial charge in [-0.1, -0.05) is 229 Å². The monoisotopic (exact) mass is 879 g/mol. The average molecular weight is 879 g/mol. The Labute approximate surface area is 389 Å². The van der Waals surface area contributed by atoms with Gasteiger partial charge in [0.25, 0.3) is 0 Å². The van der Waals surface area contributed by atoms with Crippen LogP contribution in [-0.2, 0) is 28.6 Å². The molecule has 0 aromatic rings. The molecule has 0 saturated carbocycles. The van der Waals surface area contributed by atoms with Crippen LogP contribution in [0.15, 0.2) is 72.9 Å². The number of hydrogen-bond acceptors (Lipinski definition) is 6. The minimum Gasteiger partial charge on any atom is -0.462 e. The molecule has 0 aliphatic heterocycles. The molecule has 6 nitrogen and oxygen atoms in total. The highest BCUT2D eigenvalue weighted by molar-refractivity contribution is 5.71. The number of ether oxygens (including phenoxy) is 3. The second-order valence-corrected chi connectivity index (χ2v) is 17.4. The molecule has 0 bridgehead atoms. The summed E-state index contributed by atoms with van der Waals surface area (Å²) < 4.78 is 16.7. The van der Waals surface area contributed by atoms with Crippen molar-refractivity contribution in [2.75, 3.05) is 13.2 Å². The van der Waals surface area contributed by atoms with Crippen LogP contribution in [0.1, 0.15) is 252 Å². The highest BCUT2D eigenvalue weighted by Crippen LogP contribution is 2.15. The van der Waals surface area contributed by atoms with Crippen LogP contribution in [0.4, 0.5) is 0 Å². The molecule has 362 valence electrons. The van der Waals surface area contributed by atoms with Crippen molar-refractivity contribution in [3.63, 3.8) is 0 Å². The number of carbonyl (C=O) groups is 3. The molecule has 63 heavy (non-hydrogen) atoms. The van der Waals surface area contributed by atoms with E-state index in [4.69, 9.17) is 14.2 Å². The third-order valence-corrected chi connectivity index (χ3v) is 11.2. The largest absolute Gasteiger partial charge is 0.462 e. The van der Waals surface area contributed by atoms with Crippen LogP contribution in [-0.4, -0.2) is 37.2 Å². The van der Waals surface area contributed by atoms with Gasteiger partial charge in [0.1, 0.15) is 13.2 Å². The van der Waals surface area contributed by atoms with Gasteiger partial charge in [-0.15, -0.1) is 0 Å². The fraction of sp³-hybridized carbons (Fsp3) is 0.737. The Hall–Kier alpha value is -3.15. The van der Waals surface area contributed by atoms with E-state index in [0.717, 1.165) is 77.0 Å². The summed E-state index contributed by atoms with van der Waals surface area (Å²) in [5, 5.41) is 0. The Balaban J connectivity index is 4.44. The predicted octanol–water partition coefficient (Wildman–Crippen LogP) is 17.4. The van der Waals surface area contributed by atoms with Gasteiger partial charge in [-0.2, -0.15) is 0 Å². The first-order valence-electron chi connectivity index (χ1n) is 26.4. The average Bonchev–Trinajstić information content (AvgIpc) is 3.28. The van der Waals surface area contributed by atoms with Crippen molar-refractivity contribution >= 4 is 17.9 Å². The molecule has 0 aromatic heterocycles. The van der Waals surface area contributed by atoms with Gasteiger partial charge >= 0.3 is 17.9 Å². The third kappa shape index (κ3) is 49.7. The van der Waals surface area contributed by atoms with Crippen molar-refractivity contribution in [2.24, 2.45) is 0 Å². The van der Waals surface area contributed by atoms with Gasteiger partial charge in [0.2, 0.25) is 0 Å². The van der Waals surface area contributed by atoms with Crippen molar-refractivity contribution < 1.29 is 28.6 Å². The molecule has 0 heterocycles. The van der Waals surface area contributed by atoms with Crippen molar-refractivity contribution in [3.8, 4) is 0 Å². The standard InChI is InChI=1S/C57H98O6/c1-4-7-10-13-16-19-22-25-27-28-29-30-33-35-38-41-44-47-50-56(59)62-53-54(52-61-55(58)49-46-43-40-37-34-31-24-21-18-15-12-9-6-3)63-57(60)51-48-45-42-39-36-32-26-23-20-17-14-11-8-5-2/h9,12,18-19,21-22,27-28,31,34,40,43,54H,4-8,10-11,13-17,20,23-26,29-30,32-33,35-39,41-42,44-53H2,1-3H3/b12-9-,21-18-,22-19-,28-27-,34-31-,43-40-. The van der Waals surface area contributed by atoms with Gasteiger partial charge in [-0.3, -0.25) is 14.4 Å². The number of rotatable bonds is 47. The quantitative estimate of drug-likeness (QED) is 0.0262. The molecular weight excluding hydrogens is 781 g/mol. The molecule has 0 saturated heterocycles. The molecule has 0 fully saturated rings. The van der Waals surface area contributed by atoms with E-state index in [2.05, 4.69) is 87.6 Å². The zero-order valence-electron chi connectivity index (χ0n) is 41.3. The lowest BCUT2D eigenvalue weighted by molar-refractivity contribution is -0.166. The van der Waals surface area contributed by atoms with Gasteiger partial charge in [-0.05, 0) is 77.0 Å². The summed E-state index contributed by atoms with van der Waals surface area (Å²) in [6.45, 7) is 6.44. The van der Waals surface area contributed by atoms with E-state index in [-0.39, 0.29) is 37.5 Å². The van der Waals surface area contributed by atoms with Crippen LogP contribution >= 0.6 is 0 Å². The zero-order valence-corrected chi connectivity index (χ0v) is 41.3. The number of carbonyl (C=O) groups excluding carboxylic acids is 3. The van der Waals surface area contributed by atoms with Crippen LogP contribution in [0.5, 0.6) is 0 Å². The number of allylic oxidation sites excluding steroid dienone is 12. The summed E-state index contributed by atoms with van der Waals surface area (Å²) in [7, 11) is 0. The lowest BCUT2D eigenvalue weighted by Gasteiger charge is -2.18. The topological polar surface area (TPSA) is 78.9 Å². The Kier molecular flexibility index (Phi) is 48.9. The molecule has 0 rings (SSSR count). The van der Waals surface area contributed by atoms with E-state index in [1.54, 1.807) is 0 Å². The maximum atomic E-state index is 12.8. The van der Waals surface area contributed by atoms with Gasteiger partial charge < -0.3 is 14.2 Å². The molecule has 0 radical (unpaired) electrons. The molecule has 0 N–H and O–H groups in total. The minimum absolute atomic E-state index is 0.1000. The van der Waals surface area contributed by atoms with Gasteiger partial charge in [0.15, 0.2) is 6.10 Å². The fourth-order valence-electron chi connectivity index (χ4n) is 7.25. The summed E-state index contributed by atoms with van der Waals surface area (Å²) in [6.07, 6.45) is 64.7. The first-order chi connectivity index (χ1) is 31.0. The lowest BCUT2D eigenvalue weighted by Crippen LogP contribution is -2.30. The Morgan fingerprint density at radius 3 is 1.08 bits per heavy atom. The molecular formula is C57H98O6. The first-order valence-corrected chi connectivity index (χ1v) is 26.4. The van der Waals surface area contributed by atoms with E-state index in [0.29, 0.717) is 19.3 Å². The first kappa shape index (κ1) is 59.9. The summed E-state index contributed by atoms with van der Waals surface area (Å²) in [6, 6.07) is 0. The lowest BCUT2D eigenvalue weighted by atomic mass is 10.0. The summed E-state index contributed by atoms with van der Waals surface area (Å²) in [4.78, 5) is 38.0. The van der Waals surface area contributed by atoms with E-state index in [9.17, 15) is 14.4 Å². The highest BCUT2D eigenvalue weighted by atomic mass is 16.6. The molecule has 0 aromatic carbocycles. The van der Waals surface area contributed by atoms with Crippen molar-refractivity contribution in [1.29, 1.82) is 0 Å². The molecule has 0 aliphatic carbocycles. The summed E-state index contributed by atoms with van der Waals surface area (Å²) in [5.74, 6) is -0.987. The second-order valence-electron chi connectivity index (χ2n) is 17.4. The fourth-order valence-corrected chi connectivity index (χ4v) is 7.25. The maximum absolute atomic E-state index is 12.8. The van der Waals surface area contributed by atoms with Crippen LogP contribution in [0, 0.1) is 0 Å². The molecule has 1 atom stereocenters. The second kappa shape index (κ2) is 51.5. The molecule has 0 amide bonds. The Morgan fingerprint density at radius 1 is 0.333 bits per heavy atom. The van der Waals surface area contributed by atoms with Crippen LogP contribution in [0.2, 0.25) is 0 Å². The zero-order chi connectivity index (χ0) is 45.8. The van der Waals surface area contributed by atoms with Crippen LogP contribution < -0.4 is 0 Å². The van der Waals surface area contributed by atoms with Gasteiger partial charge in [-0.25, -0.2) is 0 Å². The van der Waals surface area contributed by atoms with Gasteiger partial charge in [0.05, 0.1) is 0 Å². The van der Waals surface area contributed by atoms with Crippen molar-refractivity contribution in [3.05, 3.63) is 72.9 Å². The number of esters is 3. The summed E-state index contributed by atoms with van der Waals surface area (Å²) >= 11 is 0. The third-order valence-electron chi connectivity index (χ3n) is 11.2. The maximum Gasteiger partial charge on any atom is 0.306 e. The number of unbranched alkanes of at least 4 members (excludes halogenated alkanes) is 24. The summed E-state index contributed by atoms with van der Waals surface area (Å²) in [5.41, 5.74) is 0. The van der Waals surface area contributed by atoms with Crippen molar-refractivity contribution in [1.82, 2.24) is 0 Å². The van der Waals surface area contributed by atoms with Crippen LogP contribution in [0.3, 0.4) is 0 Å². The molecule has 6 heteroatoms. The SMILES string of the molecule is CC/C=C\C/C=C\C/C=C\C/C=C\CCC(=O)OCC(COC(=O)CCCCCCCCC/C=C\C/C=C\CCCCCC)OC(=O)CCCCCCCCCCCCCCCC. The number of hydrogen-bond donors (Lipinski definition) is 0. The van der Waals surface area contributed by atoms with Crippen LogP contribution in [0.25, 0.3) is 0 Å². The smallest absolute Gasteiger partial charge is 0.306 e. The predicted molar refractivity (Wildman–Crippen MR) is 270 cm³/mol. The molecule has 0 aliphatic rings. The van der Waals surface area contributed by atoms with Gasteiger partial charge in [0, 0.05) is 19.3 Å². The molecule has 1 unspecified atom stereocenters. The van der Waals surface area contributed by atoms with E-state index < -0.39 is 6.10 Å². The molecule has 0 spiro atoms. The Bertz CT molecular complexity index is 1190. The minimum atomic E-state index is -0.805. The van der Waals surface area contributed by atoms with E-state index in [1.165, 1.54) is 128 Å². The Morgan fingerprint density at radius 2 is 0.651 bits per heavy atom. The van der Waals surface area contributed by atoms with Crippen molar-refractivity contribution in [2.45, 2.75) is 258 Å². The van der Waals surface area contributed by atoms with E-state index in [1.807, 2.05) is 6.08 Å². The highest BCUT2D eigenvalue weighted by Gasteiger charge is 2.19.